The van der Waals surface area contributed by atoms with E-state index in [1.54, 1.807) is 0 Å². The molecule has 0 spiro atoms. The Kier molecular flexibility index (Phi) is 6.21. The SMILES string of the molecule is CN(C)C(CNC(=O)C1CCOCC1)Cc1ccccc1. The van der Waals surface area contributed by atoms with Gasteiger partial charge in [0.25, 0.3) is 0 Å². The van der Waals surface area contributed by atoms with Gasteiger partial charge in [-0.05, 0) is 38.9 Å². The van der Waals surface area contributed by atoms with Crippen LogP contribution in [0.1, 0.15) is 18.4 Å². The molecule has 0 aliphatic carbocycles. The number of hydrogen-bond donors (Lipinski definition) is 1. The molecule has 1 heterocycles. The normalized spacial score (nSPS) is 17.7. The molecule has 1 N–H and O–H groups in total. The number of hydrogen-bond acceptors (Lipinski definition) is 3. The summed E-state index contributed by atoms with van der Waals surface area (Å²) in [5.41, 5.74) is 1.30. The van der Waals surface area contributed by atoms with Crippen LogP contribution in [-0.2, 0) is 16.0 Å². The summed E-state index contributed by atoms with van der Waals surface area (Å²) in [6.45, 7) is 2.11. The molecule has 21 heavy (non-hydrogen) atoms. The first kappa shape index (κ1) is 16.0. The molecule has 0 radical (unpaired) electrons. The average Bonchev–Trinajstić information content (AvgIpc) is 2.52. The van der Waals surface area contributed by atoms with Crippen molar-refractivity contribution in [3.63, 3.8) is 0 Å². The monoisotopic (exact) mass is 290 g/mol. The number of carbonyl (C=O) groups excluding carboxylic acids is 1. The third-order valence-electron chi connectivity index (χ3n) is 4.15. The summed E-state index contributed by atoms with van der Waals surface area (Å²) in [4.78, 5) is 14.4. The van der Waals surface area contributed by atoms with E-state index in [4.69, 9.17) is 4.74 Å². The fraction of sp³-hybridized carbons (Fsp3) is 0.588. The van der Waals surface area contributed by atoms with Gasteiger partial charge in [0.2, 0.25) is 5.91 Å². The minimum Gasteiger partial charge on any atom is -0.381 e. The predicted octanol–water partition coefficient (Wildman–Crippen LogP) is 1.70. The van der Waals surface area contributed by atoms with Gasteiger partial charge in [-0.1, -0.05) is 30.3 Å². The van der Waals surface area contributed by atoms with Gasteiger partial charge >= 0.3 is 0 Å². The van der Waals surface area contributed by atoms with E-state index in [9.17, 15) is 4.79 Å². The summed E-state index contributed by atoms with van der Waals surface area (Å²) in [5, 5.41) is 3.12. The molecule has 1 aliphatic heterocycles. The first-order chi connectivity index (χ1) is 10.2. The van der Waals surface area contributed by atoms with Crippen molar-refractivity contribution in [3.8, 4) is 0 Å². The number of carbonyl (C=O) groups is 1. The maximum atomic E-state index is 12.2. The van der Waals surface area contributed by atoms with Crippen molar-refractivity contribution in [2.75, 3.05) is 33.9 Å². The fourth-order valence-corrected chi connectivity index (χ4v) is 2.65. The van der Waals surface area contributed by atoms with Crippen molar-refractivity contribution in [1.82, 2.24) is 10.2 Å². The third-order valence-corrected chi connectivity index (χ3v) is 4.15. The molecule has 1 fully saturated rings. The van der Waals surface area contributed by atoms with Crippen molar-refractivity contribution in [3.05, 3.63) is 35.9 Å². The Morgan fingerprint density at radius 1 is 1.29 bits per heavy atom. The third kappa shape index (κ3) is 5.14. The number of rotatable bonds is 6. The van der Waals surface area contributed by atoms with Crippen LogP contribution in [0.2, 0.25) is 0 Å². The van der Waals surface area contributed by atoms with Crippen LogP contribution in [-0.4, -0.2) is 50.7 Å². The molecule has 0 bridgehead atoms. The number of nitrogens with one attached hydrogen (secondary N) is 1. The van der Waals surface area contributed by atoms with E-state index in [2.05, 4.69) is 48.6 Å². The summed E-state index contributed by atoms with van der Waals surface area (Å²) < 4.78 is 5.30. The summed E-state index contributed by atoms with van der Waals surface area (Å²) in [5.74, 6) is 0.302. The van der Waals surface area contributed by atoms with Crippen LogP contribution >= 0.6 is 0 Å². The fourth-order valence-electron chi connectivity index (χ4n) is 2.65. The van der Waals surface area contributed by atoms with Crippen molar-refractivity contribution >= 4 is 5.91 Å². The number of ether oxygens (including phenoxy) is 1. The standard InChI is InChI=1S/C17H26N2O2/c1-19(2)16(12-14-6-4-3-5-7-14)13-18-17(20)15-8-10-21-11-9-15/h3-7,15-16H,8-13H2,1-2H3,(H,18,20). The molecular formula is C17H26N2O2. The maximum absolute atomic E-state index is 12.2. The van der Waals surface area contributed by atoms with E-state index < -0.39 is 0 Å². The highest BCUT2D eigenvalue weighted by Gasteiger charge is 2.22. The molecule has 2 rings (SSSR count). The van der Waals surface area contributed by atoms with Gasteiger partial charge in [-0.15, -0.1) is 0 Å². The van der Waals surface area contributed by atoms with E-state index in [1.165, 1.54) is 5.56 Å². The van der Waals surface area contributed by atoms with Gasteiger partial charge in [0.05, 0.1) is 0 Å². The van der Waals surface area contributed by atoms with Crippen LogP contribution in [0.15, 0.2) is 30.3 Å². The number of amides is 1. The molecule has 0 saturated carbocycles. The molecule has 1 aromatic carbocycles. The zero-order chi connectivity index (χ0) is 15.1. The van der Waals surface area contributed by atoms with Crippen molar-refractivity contribution < 1.29 is 9.53 Å². The van der Waals surface area contributed by atoms with E-state index >= 15 is 0 Å². The summed E-state index contributed by atoms with van der Waals surface area (Å²) in [6.07, 6.45) is 2.64. The Morgan fingerprint density at radius 2 is 1.95 bits per heavy atom. The van der Waals surface area contributed by atoms with Gasteiger partial charge < -0.3 is 15.0 Å². The van der Waals surface area contributed by atoms with E-state index in [-0.39, 0.29) is 11.8 Å². The van der Waals surface area contributed by atoms with Crippen LogP contribution in [0.3, 0.4) is 0 Å². The molecule has 1 saturated heterocycles. The predicted molar refractivity (Wildman–Crippen MR) is 84.2 cm³/mol. The lowest BCUT2D eigenvalue weighted by Gasteiger charge is -2.27. The number of nitrogens with zero attached hydrogens (tertiary/aromatic N) is 1. The number of benzene rings is 1. The Hall–Kier alpha value is -1.39. The highest BCUT2D eigenvalue weighted by molar-refractivity contribution is 5.78. The molecule has 1 aromatic rings. The van der Waals surface area contributed by atoms with E-state index in [0.29, 0.717) is 25.8 Å². The zero-order valence-electron chi connectivity index (χ0n) is 13.0. The lowest BCUT2D eigenvalue weighted by molar-refractivity contribution is -0.128. The summed E-state index contributed by atoms with van der Waals surface area (Å²) >= 11 is 0. The van der Waals surface area contributed by atoms with Crippen molar-refractivity contribution in [2.24, 2.45) is 5.92 Å². The van der Waals surface area contributed by atoms with Crippen LogP contribution in [0.5, 0.6) is 0 Å². The lowest BCUT2D eigenvalue weighted by Crippen LogP contribution is -2.44. The van der Waals surface area contributed by atoms with Gasteiger partial charge in [0.1, 0.15) is 0 Å². The first-order valence-corrected chi connectivity index (χ1v) is 7.72. The molecule has 1 amide bonds. The van der Waals surface area contributed by atoms with Gasteiger partial charge in [-0.2, -0.15) is 0 Å². The molecular weight excluding hydrogens is 264 g/mol. The zero-order valence-corrected chi connectivity index (χ0v) is 13.0. The van der Waals surface area contributed by atoms with Crippen LogP contribution in [0.4, 0.5) is 0 Å². The molecule has 1 atom stereocenters. The smallest absolute Gasteiger partial charge is 0.223 e. The summed E-state index contributed by atoms with van der Waals surface area (Å²) in [7, 11) is 4.13. The number of likely N-dealkylation sites (N-methyl/N-ethyl adjacent to an activating group) is 1. The Labute approximate surface area is 127 Å². The molecule has 1 unspecified atom stereocenters. The minimum absolute atomic E-state index is 0.123. The Bertz CT molecular complexity index is 428. The second-order valence-electron chi connectivity index (χ2n) is 5.94. The average molecular weight is 290 g/mol. The molecule has 4 heteroatoms. The Balaban J connectivity index is 1.83. The second-order valence-corrected chi connectivity index (χ2v) is 5.94. The molecule has 116 valence electrons. The molecule has 4 nitrogen and oxygen atoms in total. The van der Waals surface area contributed by atoms with E-state index in [1.807, 2.05) is 6.07 Å². The highest BCUT2D eigenvalue weighted by atomic mass is 16.5. The lowest BCUT2D eigenvalue weighted by atomic mass is 9.99. The molecule has 1 aliphatic rings. The Morgan fingerprint density at radius 3 is 2.57 bits per heavy atom. The second kappa shape index (κ2) is 8.15. The summed E-state index contributed by atoms with van der Waals surface area (Å²) in [6, 6.07) is 10.7. The topological polar surface area (TPSA) is 41.6 Å². The highest BCUT2D eigenvalue weighted by Crippen LogP contribution is 2.14. The quantitative estimate of drug-likeness (QED) is 0.867. The van der Waals surface area contributed by atoms with E-state index in [0.717, 1.165) is 19.3 Å². The first-order valence-electron chi connectivity index (χ1n) is 7.72. The maximum Gasteiger partial charge on any atom is 0.223 e. The van der Waals surface area contributed by atoms with Gasteiger partial charge in [0, 0.05) is 31.7 Å². The van der Waals surface area contributed by atoms with Crippen LogP contribution < -0.4 is 5.32 Å². The van der Waals surface area contributed by atoms with Crippen LogP contribution in [0, 0.1) is 5.92 Å². The van der Waals surface area contributed by atoms with Gasteiger partial charge in [-0.3, -0.25) is 4.79 Å². The van der Waals surface area contributed by atoms with Crippen molar-refractivity contribution in [1.29, 1.82) is 0 Å². The van der Waals surface area contributed by atoms with Crippen LogP contribution in [0.25, 0.3) is 0 Å². The largest absolute Gasteiger partial charge is 0.381 e. The van der Waals surface area contributed by atoms with Crippen molar-refractivity contribution in [2.45, 2.75) is 25.3 Å². The minimum atomic E-state index is 0.123. The molecule has 0 aromatic heterocycles. The van der Waals surface area contributed by atoms with Gasteiger partial charge in [-0.25, -0.2) is 0 Å². The van der Waals surface area contributed by atoms with Gasteiger partial charge in [0.15, 0.2) is 0 Å².